The van der Waals surface area contributed by atoms with E-state index >= 15 is 0 Å². The smallest absolute Gasteiger partial charge is 0.224 e. The number of anilines is 2. The summed E-state index contributed by atoms with van der Waals surface area (Å²) in [5.74, 6) is 1.73. The van der Waals surface area contributed by atoms with E-state index in [4.69, 9.17) is 4.74 Å². The van der Waals surface area contributed by atoms with Crippen LogP contribution in [0, 0.1) is 6.92 Å². The first-order valence-electron chi connectivity index (χ1n) is 6.59. The average molecular weight is 250 g/mol. The molecule has 0 bridgehead atoms. The first-order chi connectivity index (χ1) is 8.74. The Morgan fingerprint density at radius 2 is 2.22 bits per heavy atom. The highest BCUT2D eigenvalue weighted by Crippen LogP contribution is 2.30. The summed E-state index contributed by atoms with van der Waals surface area (Å²) in [5.41, 5.74) is 0.999. The van der Waals surface area contributed by atoms with Crippen molar-refractivity contribution in [3.63, 3.8) is 0 Å². The van der Waals surface area contributed by atoms with E-state index in [1.807, 2.05) is 6.92 Å². The van der Waals surface area contributed by atoms with Gasteiger partial charge < -0.3 is 15.0 Å². The quantitative estimate of drug-likeness (QED) is 0.800. The highest BCUT2D eigenvalue weighted by molar-refractivity contribution is 5.46. The van der Waals surface area contributed by atoms with Crippen LogP contribution in [0.25, 0.3) is 0 Å². The number of aromatic nitrogens is 2. The number of methoxy groups -OCH3 is 1. The minimum Gasteiger partial charge on any atom is -0.383 e. The van der Waals surface area contributed by atoms with Gasteiger partial charge in [-0.3, -0.25) is 0 Å². The molecule has 100 valence electrons. The molecule has 5 nitrogen and oxygen atoms in total. The fraction of sp³-hybridized carbons (Fsp3) is 0.692. The summed E-state index contributed by atoms with van der Waals surface area (Å²) in [4.78, 5) is 11.3. The molecule has 1 aliphatic rings. The van der Waals surface area contributed by atoms with Crippen molar-refractivity contribution in [1.82, 2.24) is 9.97 Å². The van der Waals surface area contributed by atoms with Crippen molar-refractivity contribution >= 4 is 11.8 Å². The summed E-state index contributed by atoms with van der Waals surface area (Å²) in [6, 6.07) is 2.68. The molecule has 1 N–H and O–H groups in total. The Kier molecular flexibility index (Phi) is 4.36. The monoisotopic (exact) mass is 250 g/mol. The van der Waals surface area contributed by atoms with Crippen LogP contribution in [0.3, 0.4) is 0 Å². The second-order valence-corrected chi connectivity index (χ2v) is 4.64. The van der Waals surface area contributed by atoms with Crippen molar-refractivity contribution in [2.45, 2.75) is 32.7 Å². The Morgan fingerprint density at radius 3 is 2.83 bits per heavy atom. The Balaban J connectivity index is 2.17. The first kappa shape index (κ1) is 13.1. The van der Waals surface area contributed by atoms with Crippen LogP contribution in [0.5, 0.6) is 0 Å². The number of rotatable bonds is 7. The number of hydrogen-bond donors (Lipinski definition) is 1. The lowest BCUT2D eigenvalue weighted by Crippen LogP contribution is -2.30. The van der Waals surface area contributed by atoms with Gasteiger partial charge in [0.15, 0.2) is 0 Å². The molecule has 0 saturated heterocycles. The molecule has 0 radical (unpaired) electrons. The lowest BCUT2D eigenvalue weighted by Gasteiger charge is -2.23. The predicted molar refractivity (Wildman–Crippen MR) is 73.2 cm³/mol. The fourth-order valence-electron chi connectivity index (χ4n) is 2.00. The zero-order valence-corrected chi connectivity index (χ0v) is 11.4. The molecule has 0 atom stereocenters. The second-order valence-electron chi connectivity index (χ2n) is 4.64. The van der Waals surface area contributed by atoms with Gasteiger partial charge in [-0.25, -0.2) is 4.98 Å². The summed E-state index contributed by atoms with van der Waals surface area (Å²) in [7, 11) is 1.74. The van der Waals surface area contributed by atoms with Gasteiger partial charge in [0, 0.05) is 38.0 Å². The van der Waals surface area contributed by atoms with Gasteiger partial charge in [0.05, 0.1) is 6.61 Å². The Hall–Kier alpha value is -1.36. The lowest BCUT2D eigenvalue weighted by molar-refractivity contribution is 0.204. The summed E-state index contributed by atoms with van der Waals surface area (Å²) in [5, 5.41) is 3.18. The van der Waals surface area contributed by atoms with Crippen LogP contribution >= 0.6 is 0 Å². The number of aryl methyl sites for hydroxylation is 1. The van der Waals surface area contributed by atoms with E-state index < -0.39 is 0 Å². The third-order valence-corrected chi connectivity index (χ3v) is 2.99. The van der Waals surface area contributed by atoms with Gasteiger partial charge in [0.25, 0.3) is 0 Å². The van der Waals surface area contributed by atoms with Crippen molar-refractivity contribution in [3.8, 4) is 0 Å². The molecule has 0 aliphatic heterocycles. The van der Waals surface area contributed by atoms with E-state index in [-0.39, 0.29) is 0 Å². The van der Waals surface area contributed by atoms with E-state index in [0.29, 0.717) is 6.04 Å². The van der Waals surface area contributed by atoms with Crippen molar-refractivity contribution in [1.29, 1.82) is 0 Å². The van der Waals surface area contributed by atoms with Crippen molar-refractivity contribution in [2.24, 2.45) is 0 Å². The van der Waals surface area contributed by atoms with E-state index in [9.17, 15) is 0 Å². The van der Waals surface area contributed by atoms with E-state index in [2.05, 4.69) is 33.2 Å². The molecule has 1 fully saturated rings. The van der Waals surface area contributed by atoms with Gasteiger partial charge in [0.2, 0.25) is 5.95 Å². The number of hydrogen-bond acceptors (Lipinski definition) is 5. The molecule has 5 heteroatoms. The highest BCUT2D eigenvalue weighted by Gasteiger charge is 2.30. The van der Waals surface area contributed by atoms with E-state index in [1.165, 1.54) is 12.8 Å². The molecule has 1 aromatic rings. The third kappa shape index (κ3) is 3.32. The molecule has 1 aromatic heterocycles. The maximum Gasteiger partial charge on any atom is 0.224 e. The van der Waals surface area contributed by atoms with Crippen LogP contribution in [-0.2, 0) is 4.74 Å². The topological polar surface area (TPSA) is 50.3 Å². The normalized spacial score (nSPS) is 14.6. The molecule has 0 aromatic carbocycles. The second kappa shape index (κ2) is 6.00. The molecular formula is C13H22N4O. The van der Waals surface area contributed by atoms with Crippen LogP contribution in [0.15, 0.2) is 6.07 Å². The first-order valence-corrected chi connectivity index (χ1v) is 6.59. The molecule has 0 amide bonds. The highest BCUT2D eigenvalue weighted by atomic mass is 16.5. The third-order valence-electron chi connectivity index (χ3n) is 2.99. The Morgan fingerprint density at radius 1 is 1.44 bits per heavy atom. The van der Waals surface area contributed by atoms with Crippen LogP contribution < -0.4 is 10.2 Å². The predicted octanol–water partition coefficient (Wildman–Crippen LogP) is 1.83. The summed E-state index contributed by atoms with van der Waals surface area (Å²) < 4.78 is 5.18. The van der Waals surface area contributed by atoms with Gasteiger partial charge in [0.1, 0.15) is 5.82 Å². The largest absolute Gasteiger partial charge is 0.383 e. The zero-order valence-electron chi connectivity index (χ0n) is 11.4. The van der Waals surface area contributed by atoms with Gasteiger partial charge >= 0.3 is 0 Å². The molecule has 1 heterocycles. The molecular weight excluding hydrogens is 228 g/mol. The maximum absolute atomic E-state index is 5.18. The number of nitrogens with zero attached hydrogens (tertiary/aromatic N) is 3. The summed E-state index contributed by atoms with van der Waals surface area (Å²) >= 11 is 0. The minimum absolute atomic E-state index is 0.629. The summed E-state index contributed by atoms with van der Waals surface area (Å²) in [6.07, 6.45) is 2.51. The summed E-state index contributed by atoms with van der Waals surface area (Å²) in [6.45, 7) is 6.52. The molecule has 0 unspecified atom stereocenters. The SMILES string of the molecule is CCNc1nc(C)cc(N(CCOC)C2CC2)n1. The van der Waals surface area contributed by atoms with Crippen molar-refractivity contribution in [2.75, 3.05) is 37.0 Å². The molecule has 18 heavy (non-hydrogen) atoms. The maximum atomic E-state index is 5.18. The van der Waals surface area contributed by atoms with E-state index in [1.54, 1.807) is 7.11 Å². The van der Waals surface area contributed by atoms with Crippen LogP contribution in [0.1, 0.15) is 25.5 Å². The lowest BCUT2D eigenvalue weighted by atomic mass is 10.3. The average Bonchev–Trinajstić information content (AvgIpc) is 3.14. The number of ether oxygens (including phenoxy) is 1. The van der Waals surface area contributed by atoms with Crippen molar-refractivity contribution < 1.29 is 4.74 Å². The molecule has 0 spiro atoms. The minimum atomic E-state index is 0.629. The van der Waals surface area contributed by atoms with Crippen molar-refractivity contribution in [3.05, 3.63) is 11.8 Å². The van der Waals surface area contributed by atoms with Gasteiger partial charge in [-0.2, -0.15) is 4.98 Å². The molecule has 1 saturated carbocycles. The van der Waals surface area contributed by atoms with Crippen LogP contribution in [-0.4, -0.2) is 42.8 Å². The van der Waals surface area contributed by atoms with Gasteiger partial charge in [-0.1, -0.05) is 0 Å². The van der Waals surface area contributed by atoms with E-state index in [0.717, 1.165) is 37.2 Å². The fourth-order valence-corrected chi connectivity index (χ4v) is 2.00. The van der Waals surface area contributed by atoms with Crippen LogP contribution in [0.2, 0.25) is 0 Å². The Bertz CT molecular complexity index is 393. The van der Waals surface area contributed by atoms with Gasteiger partial charge in [-0.15, -0.1) is 0 Å². The molecule has 1 aliphatic carbocycles. The Labute approximate surface area is 109 Å². The number of nitrogens with one attached hydrogen (secondary N) is 1. The van der Waals surface area contributed by atoms with Gasteiger partial charge in [-0.05, 0) is 26.7 Å². The molecule has 2 rings (SSSR count). The van der Waals surface area contributed by atoms with Crippen LogP contribution in [0.4, 0.5) is 11.8 Å². The zero-order chi connectivity index (χ0) is 13.0. The standard InChI is InChI=1S/C13H22N4O/c1-4-14-13-15-10(2)9-12(16-13)17(7-8-18-3)11-5-6-11/h9,11H,4-8H2,1-3H3,(H,14,15,16).